The molecular weight excluding hydrogens is 329 g/mol. The van der Waals surface area contributed by atoms with Gasteiger partial charge in [-0.2, -0.15) is 0 Å². The summed E-state index contributed by atoms with van der Waals surface area (Å²) >= 11 is 1.58. The van der Waals surface area contributed by atoms with Gasteiger partial charge in [0.15, 0.2) is 22.5 Å². The maximum absolute atomic E-state index is 13.0. The number of thioether (sulfide) groups is 1. The smallest absolute Gasteiger partial charge is 0.231 e. The van der Waals surface area contributed by atoms with Crippen LogP contribution in [-0.4, -0.2) is 21.6 Å². The highest BCUT2D eigenvalue weighted by Gasteiger charge is 2.15. The van der Waals surface area contributed by atoms with E-state index in [1.165, 1.54) is 12.1 Å². The molecule has 0 radical (unpaired) electrons. The molecule has 7 heteroatoms. The molecule has 4 rings (SSSR count). The lowest BCUT2D eigenvalue weighted by Crippen LogP contribution is -1.95. The molecule has 0 amide bonds. The van der Waals surface area contributed by atoms with Gasteiger partial charge in [0, 0.05) is 18.4 Å². The Hall–Kier alpha value is -2.54. The molecule has 0 saturated heterocycles. The molecule has 0 atom stereocenters. The Bertz CT molecular complexity index is 880. The van der Waals surface area contributed by atoms with Gasteiger partial charge in [-0.25, -0.2) is 4.39 Å². The third-order valence-electron chi connectivity index (χ3n) is 3.74. The van der Waals surface area contributed by atoms with Crippen LogP contribution in [0.15, 0.2) is 47.6 Å². The van der Waals surface area contributed by atoms with Gasteiger partial charge in [-0.15, -0.1) is 10.2 Å². The van der Waals surface area contributed by atoms with E-state index < -0.39 is 0 Å². The van der Waals surface area contributed by atoms with Crippen molar-refractivity contribution in [3.8, 4) is 22.9 Å². The number of halogens is 1. The van der Waals surface area contributed by atoms with Gasteiger partial charge in [0.2, 0.25) is 6.79 Å². The Kier molecular flexibility index (Phi) is 3.86. The summed E-state index contributed by atoms with van der Waals surface area (Å²) in [6, 6.07) is 12.1. The van der Waals surface area contributed by atoms with Gasteiger partial charge in [0.1, 0.15) is 5.82 Å². The van der Waals surface area contributed by atoms with Gasteiger partial charge in [-0.3, -0.25) is 0 Å². The first-order chi connectivity index (χ1) is 11.7. The van der Waals surface area contributed by atoms with Crippen LogP contribution in [0.3, 0.4) is 0 Å². The number of ether oxygens (including phenoxy) is 2. The molecule has 1 aliphatic heterocycles. The van der Waals surface area contributed by atoms with E-state index in [1.807, 2.05) is 29.8 Å². The van der Waals surface area contributed by atoms with Crippen molar-refractivity contribution < 1.29 is 13.9 Å². The van der Waals surface area contributed by atoms with E-state index in [9.17, 15) is 4.39 Å². The van der Waals surface area contributed by atoms with Crippen LogP contribution in [0.5, 0.6) is 11.5 Å². The van der Waals surface area contributed by atoms with Crippen molar-refractivity contribution in [2.75, 3.05) is 6.79 Å². The second-order valence-corrected chi connectivity index (χ2v) is 6.29. The van der Waals surface area contributed by atoms with Crippen molar-refractivity contribution >= 4 is 11.8 Å². The van der Waals surface area contributed by atoms with Gasteiger partial charge >= 0.3 is 0 Å². The van der Waals surface area contributed by atoms with Gasteiger partial charge < -0.3 is 14.0 Å². The summed E-state index contributed by atoms with van der Waals surface area (Å²) in [4.78, 5) is 0. The van der Waals surface area contributed by atoms with Crippen molar-refractivity contribution in [2.45, 2.75) is 10.9 Å². The normalized spacial score (nSPS) is 12.6. The predicted octanol–water partition coefficient (Wildman–Crippen LogP) is 3.64. The summed E-state index contributed by atoms with van der Waals surface area (Å²) in [5.41, 5.74) is 1.96. The van der Waals surface area contributed by atoms with Crippen molar-refractivity contribution in [1.82, 2.24) is 14.8 Å². The molecular formula is C17H14FN3O2S. The number of rotatable bonds is 4. The van der Waals surface area contributed by atoms with E-state index in [0.717, 1.165) is 33.5 Å². The van der Waals surface area contributed by atoms with Crippen LogP contribution in [-0.2, 0) is 12.8 Å². The number of hydrogen-bond acceptors (Lipinski definition) is 5. The van der Waals surface area contributed by atoms with Crippen molar-refractivity contribution in [2.24, 2.45) is 7.05 Å². The largest absolute Gasteiger partial charge is 0.454 e. The number of nitrogens with zero attached hydrogens (tertiary/aromatic N) is 3. The molecule has 0 spiro atoms. The molecule has 5 nitrogen and oxygen atoms in total. The average Bonchev–Trinajstić information content (AvgIpc) is 3.20. The minimum atomic E-state index is -0.265. The van der Waals surface area contributed by atoms with Crippen LogP contribution in [0, 0.1) is 5.82 Å². The third kappa shape index (κ3) is 2.82. The topological polar surface area (TPSA) is 49.2 Å². The van der Waals surface area contributed by atoms with E-state index in [2.05, 4.69) is 10.2 Å². The number of fused-ring (bicyclic) bond motifs is 1. The fourth-order valence-corrected chi connectivity index (χ4v) is 3.32. The molecule has 0 N–H and O–H groups in total. The van der Waals surface area contributed by atoms with Gasteiger partial charge in [0.05, 0.1) is 0 Å². The maximum atomic E-state index is 13.0. The Morgan fingerprint density at radius 3 is 2.71 bits per heavy atom. The molecule has 2 aromatic carbocycles. The van der Waals surface area contributed by atoms with E-state index >= 15 is 0 Å². The molecule has 0 bridgehead atoms. The fraction of sp³-hybridized carbons (Fsp3) is 0.176. The van der Waals surface area contributed by atoms with Crippen molar-refractivity contribution in [1.29, 1.82) is 0 Å². The van der Waals surface area contributed by atoms with Crippen LogP contribution < -0.4 is 9.47 Å². The minimum Gasteiger partial charge on any atom is -0.454 e. The SMILES string of the molecule is Cn1c(SCc2ccc3c(c2)OCO3)nnc1-c1ccc(F)cc1. The maximum Gasteiger partial charge on any atom is 0.231 e. The summed E-state index contributed by atoms with van der Waals surface area (Å²) in [6.07, 6.45) is 0. The number of benzene rings is 2. The van der Waals surface area contributed by atoms with E-state index in [4.69, 9.17) is 9.47 Å². The van der Waals surface area contributed by atoms with E-state index in [-0.39, 0.29) is 12.6 Å². The molecule has 24 heavy (non-hydrogen) atoms. The number of aromatic nitrogens is 3. The summed E-state index contributed by atoms with van der Waals surface area (Å²) < 4.78 is 25.7. The zero-order valence-corrected chi connectivity index (χ0v) is 13.7. The van der Waals surface area contributed by atoms with Crippen molar-refractivity contribution in [3.05, 3.63) is 53.8 Å². The first-order valence-electron chi connectivity index (χ1n) is 7.37. The minimum absolute atomic E-state index is 0.265. The summed E-state index contributed by atoms with van der Waals surface area (Å²) in [5.74, 6) is 2.74. The van der Waals surface area contributed by atoms with E-state index in [0.29, 0.717) is 5.82 Å². The Morgan fingerprint density at radius 2 is 1.88 bits per heavy atom. The average molecular weight is 343 g/mol. The zero-order chi connectivity index (χ0) is 16.5. The number of hydrogen-bond donors (Lipinski definition) is 0. The van der Waals surface area contributed by atoms with Gasteiger partial charge in [-0.05, 0) is 42.0 Å². The van der Waals surface area contributed by atoms with Gasteiger partial charge in [0.25, 0.3) is 0 Å². The Morgan fingerprint density at radius 1 is 1.08 bits per heavy atom. The molecule has 2 heterocycles. The van der Waals surface area contributed by atoms with Gasteiger partial charge in [-0.1, -0.05) is 17.8 Å². The standard InChI is InChI=1S/C17H14FN3O2S/c1-21-16(12-3-5-13(18)6-4-12)19-20-17(21)24-9-11-2-7-14-15(8-11)23-10-22-14/h2-8H,9-10H2,1H3. The second kappa shape index (κ2) is 6.16. The second-order valence-electron chi connectivity index (χ2n) is 5.35. The predicted molar refractivity (Wildman–Crippen MR) is 88.5 cm³/mol. The Labute approximate surface area is 142 Å². The molecule has 0 saturated carbocycles. The lowest BCUT2D eigenvalue weighted by atomic mass is 10.2. The van der Waals surface area contributed by atoms with Crippen LogP contribution >= 0.6 is 11.8 Å². The highest BCUT2D eigenvalue weighted by atomic mass is 32.2. The highest BCUT2D eigenvalue weighted by molar-refractivity contribution is 7.98. The first-order valence-corrected chi connectivity index (χ1v) is 8.36. The summed E-state index contributed by atoms with van der Waals surface area (Å²) in [7, 11) is 1.90. The highest BCUT2D eigenvalue weighted by Crippen LogP contribution is 2.34. The third-order valence-corrected chi connectivity index (χ3v) is 4.83. The molecule has 0 fully saturated rings. The van der Waals surface area contributed by atoms with E-state index in [1.54, 1.807) is 23.9 Å². The molecule has 122 valence electrons. The van der Waals surface area contributed by atoms with Crippen LogP contribution in [0.1, 0.15) is 5.56 Å². The molecule has 3 aromatic rings. The lowest BCUT2D eigenvalue weighted by Gasteiger charge is -2.05. The van der Waals surface area contributed by atoms with Crippen molar-refractivity contribution in [3.63, 3.8) is 0 Å². The molecule has 1 aromatic heterocycles. The monoisotopic (exact) mass is 343 g/mol. The molecule has 0 aliphatic carbocycles. The van der Waals surface area contributed by atoms with Crippen LogP contribution in [0.4, 0.5) is 4.39 Å². The summed E-state index contributed by atoms with van der Waals surface area (Å²) in [5, 5.41) is 9.24. The van der Waals surface area contributed by atoms with Crippen LogP contribution in [0.25, 0.3) is 11.4 Å². The lowest BCUT2D eigenvalue weighted by molar-refractivity contribution is 0.174. The fourth-order valence-electron chi connectivity index (χ4n) is 2.47. The summed E-state index contributed by atoms with van der Waals surface area (Å²) in [6.45, 7) is 0.274. The first kappa shape index (κ1) is 15.0. The molecule has 0 unspecified atom stereocenters. The molecule has 1 aliphatic rings. The Balaban J connectivity index is 1.50. The zero-order valence-electron chi connectivity index (χ0n) is 12.9. The quantitative estimate of drug-likeness (QED) is 0.677. The van der Waals surface area contributed by atoms with Crippen LogP contribution in [0.2, 0.25) is 0 Å².